The van der Waals surface area contributed by atoms with Gasteiger partial charge in [0.1, 0.15) is 5.78 Å². The fourth-order valence-corrected chi connectivity index (χ4v) is 2.72. The lowest BCUT2D eigenvalue weighted by Crippen LogP contribution is -2.37. The highest BCUT2D eigenvalue weighted by Gasteiger charge is 2.30. The van der Waals surface area contributed by atoms with Gasteiger partial charge in [-0.05, 0) is 37.8 Å². The second-order valence-electron chi connectivity index (χ2n) is 5.43. The summed E-state index contributed by atoms with van der Waals surface area (Å²) >= 11 is 0. The van der Waals surface area contributed by atoms with Gasteiger partial charge in [-0.1, -0.05) is 27.7 Å². The largest absolute Gasteiger partial charge is 0.303 e. The van der Waals surface area contributed by atoms with Gasteiger partial charge in [-0.2, -0.15) is 0 Å². The Labute approximate surface area is 100 Å². The lowest BCUT2D eigenvalue weighted by molar-refractivity contribution is -0.126. The van der Waals surface area contributed by atoms with Crippen molar-refractivity contribution in [1.29, 1.82) is 0 Å². The maximum Gasteiger partial charge on any atom is 0.137 e. The van der Waals surface area contributed by atoms with E-state index >= 15 is 0 Å². The maximum atomic E-state index is 11.9. The van der Waals surface area contributed by atoms with Gasteiger partial charge in [0.25, 0.3) is 0 Å². The van der Waals surface area contributed by atoms with Crippen LogP contribution in [0.5, 0.6) is 0 Å². The molecule has 0 N–H and O–H groups in total. The van der Waals surface area contributed by atoms with Crippen molar-refractivity contribution in [3.05, 3.63) is 0 Å². The third-order valence-electron chi connectivity index (χ3n) is 4.12. The molecule has 94 valence electrons. The number of ketones is 1. The highest BCUT2D eigenvalue weighted by molar-refractivity contribution is 5.82. The van der Waals surface area contributed by atoms with Crippen molar-refractivity contribution in [3.8, 4) is 0 Å². The zero-order valence-corrected chi connectivity index (χ0v) is 11.3. The monoisotopic (exact) mass is 225 g/mol. The van der Waals surface area contributed by atoms with E-state index in [1.807, 2.05) is 0 Å². The molecule has 16 heavy (non-hydrogen) atoms. The fourth-order valence-electron chi connectivity index (χ4n) is 2.72. The summed E-state index contributed by atoms with van der Waals surface area (Å²) in [6.07, 6.45) is 3.05. The standard InChI is InChI=1S/C14H27NO/c1-5-15(6-2)10-13-9-12(11(3)4)7-8-14(13)16/h11-13H,5-10H2,1-4H3. The molecule has 2 unspecified atom stereocenters. The van der Waals surface area contributed by atoms with E-state index in [2.05, 4.69) is 32.6 Å². The van der Waals surface area contributed by atoms with Crippen molar-refractivity contribution >= 4 is 5.78 Å². The lowest BCUT2D eigenvalue weighted by atomic mass is 9.75. The summed E-state index contributed by atoms with van der Waals surface area (Å²) in [5.74, 6) is 2.30. The molecule has 1 aliphatic carbocycles. The van der Waals surface area contributed by atoms with E-state index in [9.17, 15) is 4.79 Å². The number of carbonyl (C=O) groups is 1. The van der Waals surface area contributed by atoms with Gasteiger partial charge in [0.2, 0.25) is 0 Å². The Morgan fingerprint density at radius 1 is 1.31 bits per heavy atom. The summed E-state index contributed by atoms with van der Waals surface area (Å²) in [6, 6.07) is 0. The van der Waals surface area contributed by atoms with Crippen LogP contribution < -0.4 is 0 Å². The van der Waals surface area contributed by atoms with E-state index in [0.29, 0.717) is 11.7 Å². The van der Waals surface area contributed by atoms with Gasteiger partial charge in [0, 0.05) is 18.9 Å². The van der Waals surface area contributed by atoms with E-state index in [1.54, 1.807) is 0 Å². The minimum atomic E-state index is 0.307. The molecule has 1 fully saturated rings. The van der Waals surface area contributed by atoms with E-state index in [0.717, 1.165) is 50.7 Å². The first-order chi connectivity index (χ1) is 7.58. The number of rotatable bonds is 5. The van der Waals surface area contributed by atoms with Gasteiger partial charge in [0.05, 0.1) is 0 Å². The quantitative estimate of drug-likeness (QED) is 0.717. The Morgan fingerprint density at radius 2 is 1.94 bits per heavy atom. The summed E-state index contributed by atoms with van der Waals surface area (Å²) in [6.45, 7) is 12.0. The summed E-state index contributed by atoms with van der Waals surface area (Å²) in [5, 5.41) is 0. The van der Waals surface area contributed by atoms with Crippen LogP contribution >= 0.6 is 0 Å². The first-order valence-corrected chi connectivity index (χ1v) is 6.83. The van der Waals surface area contributed by atoms with Gasteiger partial charge in [0.15, 0.2) is 0 Å². The van der Waals surface area contributed by atoms with Crippen molar-refractivity contribution in [2.24, 2.45) is 17.8 Å². The highest BCUT2D eigenvalue weighted by atomic mass is 16.1. The zero-order chi connectivity index (χ0) is 12.1. The molecule has 0 spiro atoms. The van der Waals surface area contributed by atoms with Crippen LogP contribution in [-0.2, 0) is 4.79 Å². The van der Waals surface area contributed by atoms with Crippen LogP contribution in [0.3, 0.4) is 0 Å². The molecule has 0 aliphatic heterocycles. The third-order valence-corrected chi connectivity index (χ3v) is 4.12. The molecule has 0 radical (unpaired) electrons. The Kier molecular flexibility index (Phi) is 5.47. The van der Waals surface area contributed by atoms with Gasteiger partial charge in [-0.3, -0.25) is 4.79 Å². The predicted molar refractivity (Wildman–Crippen MR) is 68.5 cm³/mol. The number of nitrogens with zero attached hydrogens (tertiary/aromatic N) is 1. The van der Waals surface area contributed by atoms with E-state index in [-0.39, 0.29) is 0 Å². The summed E-state index contributed by atoms with van der Waals surface area (Å²) in [5.41, 5.74) is 0. The van der Waals surface area contributed by atoms with Crippen LogP contribution in [0.15, 0.2) is 0 Å². The summed E-state index contributed by atoms with van der Waals surface area (Å²) < 4.78 is 0. The molecule has 0 aromatic rings. The molecule has 0 aromatic carbocycles. The maximum absolute atomic E-state index is 11.9. The topological polar surface area (TPSA) is 20.3 Å². The third kappa shape index (κ3) is 3.58. The molecule has 0 saturated heterocycles. The fraction of sp³-hybridized carbons (Fsp3) is 0.929. The molecule has 2 heteroatoms. The van der Waals surface area contributed by atoms with Gasteiger partial charge in [-0.25, -0.2) is 0 Å². The molecule has 0 heterocycles. The van der Waals surface area contributed by atoms with Crippen LogP contribution in [-0.4, -0.2) is 30.3 Å². The minimum absolute atomic E-state index is 0.307. The van der Waals surface area contributed by atoms with Crippen LogP contribution in [0.25, 0.3) is 0 Å². The van der Waals surface area contributed by atoms with Gasteiger partial charge >= 0.3 is 0 Å². The first-order valence-electron chi connectivity index (χ1n) is 6.83. The minimum Gasteiger partial charge on any atom is -0.303 e. The van der Waals surface area contributed by atoms with Crippen molar-refractivity contribution < 1.29 is 4.79 Å². The predicted octanol–water partition coefficient (Wildman–Crippen LogP) is 2.97. The number of carbonyl (C=O) groups excluding carboxylic acids is 1. The van der Waals surface area contributed by atoms with Crippen LogP contribution in [0, 0.1) is 17.8 Å². The van der Waals surface area contributed by atoms with Crippen molar-refractivity contribution in [2.45, 2.75) is 47.0 Å². The Hall–Kier alpha value is -0.370. The second-order valence-corrected chi connectivity index (χ2v) is 5.43. The van der Waals surface area contributed by atoms with Crippen LogP contribution in [0.2, 0.25) is 0 Å². The van der Waals surface area contributed by atoms with Crippen molar-refractivity contribution in [3.63, 3.8) is 0 Å². The Morgan fingerprint density at radius 3 is 2.44 bits per heavy atom. The summed E-state index contributed by atoms with van der Waals surface area (Å²) in [4.78, 5) is 14.3. The molecule has 1 aliphatic rings. The van der Waals surface area contributed by atoms with E-state index in [4.69, 9.17) is 0 Å². The first kappa shape index (κ1) is 13.7. The molecule has 0 bridgehead atoms. The Bertz CT molecular complexity index is 219. The molecule has 1 saturated carbocycles. The number of hydrogen-bond acceptors (Lipinski definition) is 2. The molecule has 0 amide bonds. The Balaban J connectivity index is 2.52. The second kappa shape index (κ2) is 6.39. The van der Waals surface area contributed by atoms with E-state index in [1.165, 1.54) is 0 Å². The zero-order valence-electron chi connectivity index (χ0n) is 11.3. The SMILES string of the molecule is CCN(CC)CC1CC(C(C)C)CCC1=O. The molecule has 2 atom stereocenters. The molecule has 1 rings (SSSR count). The van der Waals surface area contributed by atoms with Gasteiger partial charge in [-0.15, -0.1) is 0 Å². The average molecular weight is 225 g/mol. The summed E-state index contributed by atoms with van der Waals surface area (Å²) in [7, 11) is 0. The molecular formula is C14H27NO. The highest BCUT2D eigenvalue weighted by Crippen LogP contribution is 2.32. The van der Waals surface area contributed by atoms with Crippen LogP contribution in [0.1, 0.15) is 47.0 Å². The lowest BCUT2D eigenvalue weighted by Gasteiger charge is -2.33. The van der Waals surface area contributed by atoms with Gasteiger partial charge < -0.3 is 4.90 Å². The van der Waals surface area contributed by atoms with Crippen molar-refractivity contribution in [1.82, 2.24) is 4.90 Å². The normalized spacial score (nSPS) is 26.8. The average Bonchev–Trinajstić information content (AvgIpc) is 2.27. The van der Waals surface area contributed by atoms with E-state index < -0.39 is 0 Å². The number of Topliss-reactive ketones (excluding diaryl/α,β-unsaturated/α-hetero) is 1. The smallest absolute Gasteiger partial charge is 0.137 e. The molecular weight excluding hydrogens is 198 g/mol. The molecule has 0 aromatic heterocycles. The number of hydrogen-bond donors (Lipinski definition) is 0. The van der Waals surface area contributed by atoms with Crippen LogP contribution in [0.4, 0.5) is 0 Å². The van der Waals surface area contributed by atoms with Crippen molar-refractivity contribution in [2.75, 3.05) is 19.6 Å². The molecule has 2 nitrogen and oxygen atoms in total.